The summed E-state index contributed by atoms with van der Waals surface area (Å²) in [5, 5.41) is 0. The molecule has 0 radical (unpaired) electrons. The van der Waals surface area contributed by atoms with Crippen LogP contribution in [0.4, 0.5) is 0 Å². The topological polar surface area (TPSA) is 12.5 Å². The van der Waals surface area contributed by atoms with Crippen molar-refractivity contribution < 1.29 is 4.74 Å². The van der Waals surface area contributed by atoms with E-state index in [9.17, 15) is 0 Å². The summed E-state index contributed by atoms with van der Waals surface area (Å²) in [6.07, 6.45) is 26.3. The maximum Gasteiger partial charge on any atom is 0.0810 e. The smallest absolute Gasteiger partial charge is 0.0810 e. The van der Waals surface area contributed by atoms with Gasteiger partial charge in [0, 0.05) is 0 Å². The highest BCUT2D eigenvalue weighted by molar-refractivity contribution is 4.81. The molecule has 0 spiro atoms. The van der Waals surface area contributed by atoms with Crippen molar-refractivity contribution in [3.05, 3.63) is 12.2 Å². The summed E-state index contributed by atoms with van der Waals surface area (Å²) < 4.78 is 5.23. The third-order valence-corrected chi connectivity index (χ3v) is 4.44. The molecule has 0 amide bonds. The van der Waals surface area contributed by atoms with E-state index in [1.807, 2.05) is 0 Å². The molecule has 0 saturated carbocycles. The molecule has 1 rings (SSSR count). The van der Waals surface area contributed by atoms with E-state index in [0.29, 0.717) is 6.10 Å². The number of ether oxygens (including phenoxy) is 1. The Morgan fingerprint density at radius 1 is 0.714 bits per heavy atom. The van der Waals surface area contributed by atoms with Crippen molar-refractivity contribution in [3.63, 3.8) is 0 Å². The maximum absolute atomic E-state index is 5.23. The Hall–Kier alpha value is -0.300. The molecule has 0 aliphatic carbocycles. The summed E-state index contributed by atoms with van der Waals surface area (Å²) in [6, 6.07) is 0. The lowest BCUT2D eigenvalue weighted by atomic mass is 10.1. The summed E-state index contributed by atoms with van der Waals surface area (Å²) in [4.78, 5) is 0. The van der Waals surface area contributed by atoms with Gasteiger partial charge in [0.05, 0.1) is 12.7 Å². The number of hydrogen-bond donors (Lipinski definition) is 0. The second kappa shape index (κ2) is 14.6. The highest BCUT2D eigenvalue weighted by Crippen LogP contribution is 2.18. The predicted molar refractivity (Wildman–Crippen MR) is 93.8 cm³/mol. The van der Waals surface area contributed by atoms with Crippen molar-refractivity contribution in [2.75, 3.05) is 6.61 Å². The lowest BCUT2D eigenvalue weighted by Gasteiger charge is -2.00. The molecule has 1 heterocycles. The van der Waals surface area contributed by atoms with Gasteiger partial charge in [-0.25, -0.2) is 0 Å². The fraction of sp³-hybridized carbons (Fsp3) is 0.900. The minimum Gasteiger partial charge on any atom is -0.373 e. The number of rotatable bonds is 16. The van der Waals surface area contributed by atoms with Crippen LogP contribution in [-0.2, 0) is 4.74 Å². The molecule has 124 valence electrons. The summed E-state index contributed by atoms with van der Waals surface area (Å²) in [5.41, 5.74) is 0. The average molecular weight is 295 g/mol. The van der Waals surface area contributed by atoms with E-state index in [1.54, 1.807) is 0 Å². The van der Waals surface area contributed by atoms with E-state index in [0.717, 1.165) is 6.61 Å². The third-order valence-electron chi connectivity index (χ3n) is 4.44. The first kappa shape index (κ1) is 18.7. The van der Waals surface area contributed by atoms with Gasteiger partial charge in [-0.1, -0.05) is 83.3 Å². The van der Waals surface area contributed by atoms with Gasteiger partial charge >= 0.3 is 0 Å². The molecule has 0 aromatic rings. The van der Waals surface area contributed by atoms with Gasteiger partial charge in [0.15, 0.2) is 0 Å². The molecule has 1 unspecified atom stereocenters. The zero-order chi connectivity index (χ0) is 15.0. The van der Waals surface area contributed by atoms with Gasteiger partial charge in [-0.05, 0) is 32.1 Å². The quantitative estimate of drug-likeness (QED) is 0.173. The standard InChI is InChI=1S/C20H38O/c1-2-3-4-5-6-7-8-9-10-11-12-13-14-15-16-17-18-20-19-21-20/h9-10,20H,2-8,11-19H2,1H3. The van der Waals surface area contributed by atoms with Gasteiger partial charge in [-0.3, -0.25) is 0 Å². The summed E-state index contributed by atoms with van der Waals surface area (Å²) >= 11 is 0. The van der Waals surface area contributed by atoms with Gasteiger partial charge in [-0.2, -0.15) is 0 Å². The average Bonchev–Trinajstić information content (AvgIpc) is 3.31. The van der Waals surface area contributed by atoms with Gasteiger partial charge in [0.1, 0.15) is 0 Å². The van der Waals surface area contributed by atoms with Crippen LogP contribution in [0, 0.1) is 0 Å². The molecule has 0 N–H and O–H groups in total. The van der Waals surface area contributed by atoms with E-state index < -0.39 is 0 Å². The van der Waals surface area contributed by atoms with Crippen molar-refractivity contribution in [1.29, 1.82) is 0 Å². The minimum atomic E-state index is 0.641. The van der Waals surface area contributed by atoms with Crippen molar-refractivity contribution >= 4 is 0 Å². The fourth-order valence-electron chi connectivity index (χ4n) is 2.85. The molecular formula is C20H38O. The van der Waals surface area contributed by atoms with E-state index in [4.69, 9.17) is 4.74 Å². The highest BCUT2D eigenvalue weighted by Gasteiger charge is 2.20. The van der Waals surface area contributed by atoms with Crippen LogP contribution in [0.25, 0.3) is 0 Å². The Balaban J connectivity index is 1.66. The van der Waals surface area contributed by atoms with Crippen LogP contribution >= 0.6 is 0 Å². The minimum absolute atomic E-state index is 0.641. The largest absolute Gasteiger partial charge is 0.373 e. The van der Waals surface area contributed by atoms with Crippen molar-refractivity contribution in [2.45, 2.75) is 109 Å². The molecule has 1 atom stereocenters. The lowest BCUT2D eigenvalue weighted by molar-refractivity contribution is 0.387. The molecule has 0 aromatic carbocycles. The molecule has 1 nitrogen and oxygen atoms in total. The SMILES string of the molecule is CCCCCCCCC=CCCCCCCCCC1CO1. The zero-order valence-electron chi connectivity index (χ0n) is 14.5. The van der Waals surface area contributed by atoms with Gasteiger partial charge < -0.3 is 4.74 Å². The Morgan fingerprint density at radius 2 is 1.19 bits per heavy atom. The fourth-order valence-corrected chi connectivity index (χ4v) is 2.85. The van der Waals surface area contributed by atoms with Crippen LogP contribution in [0.2, 0.25) is 0 Å². The molecule has 21 heavy (non-hydrogen) atoms. The molecule has 0 bridgehead atoms. The summed E-state index contributed by atoms with van der Waals surface area (Å²) in [6.45, 7) is 3.32. The number of unbranched alkanes of at least 4 members (excludes halogenated alkanes) is 12. The molecule has 1 saturated heterocycles. The van der Waals surface area contributed by atoms with Gasteiger partial charge in [-0.15, -0.1) is 0 Å². The van der Waals surface area contributed by atoms with Crippen LogP contribution in [0.5, 0.6) is 0 Å². The Labute approximate surface area is 133 Å². The summed E-state index contributed by atoms with van der Waals surface area (Å²) in [7, 11) is 0. The third kappa shape index (κ3) is 14.4. The van der Waals surface area contributed by atoms with E-state index in [1.165, 1.54) is 96.3 Å². The number of allylic oxidation sites excluding steroid dienone is 2. The lowest BCUT2D eigenvalue weighted by Crippen LogP contribution is -1.85. The Bertz CT molecular complexity index is 230. The Kier molecular flexibility index (Phi) is 13.1. The second-order valence-corrected chi connectivity index (χ2v) is 6.68. The Morgan fingerprint density at radius 3 is 1.71 bits per heavy atom. The molecule has 0 aromatic heterocycles. The van der Waals surface area contributed by atoms with E-state index in [2.05, 4.69) is 19.1 Å². The molecular weight excluding hydrogens is 256 g/mol. The van der Waals surface area contributed by atoms with Crippen LogP contribution in [0.15, 0.2) is 12.2 Å². The van der Waals surface area contributed by atoms with Crippen molar-refractivity contribution in [2.24, 2.45) is 0 Å². The molecule has 1 heteroatoms. The monoisotopic (exact) mass is 294 g/mol. The van der Waals surface area contributed by atoms with Crippen LogP contribution in [-0.4, -0.2) is 12.7 Å². The highest BCUT2D eigenvalue weighted by atomic mass is 16.6. The van der Waals surface area contributed by atoms with E-state index in [-0.39, 0.29) is 0 Å². The maximum atomic E-state index is 5.23. The predicted octanol–water partition coefficient (Wildman–Crippen LogP) is 6.81. The van der Waals surface area contributed by atoms with Crippen molar-refractivity contribution in [1.82, 2.24) is 0 Å². The zero-order valence-corrected chi connectivity index (χ0v) is 14.5. The first-order chi connectivity index (χ1) is 10.4. The first-order valence-corrected chi connectivity index (χ1v) is 9.70. The van der Waals surface area contributed by atoms with Gasteiger partial charge in [0.2, 0.25) is 0 Å². The van der Waals surface area contributed by atoms with Crippen LogP contribution < -0.4 is 0 Å². The second-order valence-electron chi connectivity index (χ2n) is 6.68. The molecule has 1 aliphatic rings. The van der Waals surface area contributed by atoms with E-state index >= 15 is 0 Å². The number of epoxide rings is 1. The normalized spacial score (nSPS) is 17.7. The first-order valence-electron chi connectivity index (χ1n) is 9.70. The summed E-state index contributed by atoms with van der Waals surface area (Å²) in [5.74, 6) is 0. The molecule has 1 fully saturated rings. The number of hydrogen-bond acceptors (Lipinski definition) is 1. The van der Waals surface area contributed by atoms with Crippen molar-refractivity contribution in [3.8, 4) is 0 Å². The van der Waals surface area contributed by atoms with Gasteiger partial charge in [0.25, 0.3) is 0 Å². The molecule has 1 aliphatic heterocycles. The van der Waals surface area contributed by atoms with Crippen LogP contribution in [0.3, 0.4) is 0 Å². The van der Waals surface area contributed by atoms with Crippen LogP contribution in [0.1, 0.15) is 103 Å².